The van der Waals surface area contributed by atoms with Crippen molar-refractivity contribution in [2.24, 2.45) is 5.10 Å². The van der Waals surface area contributed by atoms with Crippen LogP contribution in [-0.2, 0) is 4.79 Å². The van der Waals surface area contributed by atoms with Crippen LogP contribution in [0.2, 0.25) is 5.02 Å². The Balaban J connectivity index is 1.93. The summed E-state index contributed by atoms with van der Waals surface area (Å²) in [6.45, 7) is 1.73. The number of carbonyl (C=O) groups excluding carboxylic acids is 1. The van der Waals surface area contributed by atoms with Crippen molar-refractivity contribution in [3.05, 3.63) is 53.6 Å². The minimum absolute atomic E-state index is 0.139. The topological polar surface area (TPSA) is 59.9 Å². The second kappa shape index (κ2) is 9.58. The van der Waals surface area contributed by atoms with E-state index in [-0.39, 0.29) is 12.5 Å². The monoisotopic (exact) mass is 584 g/mol. The highest BCUT2D eigenvalue weighted by molar-refractivity contribution is 14.1. The quantitative estimate of drug-likeness (QED) is 0.311. The number of methoxy groups -OCH3 is 1. The molecule has 8 heteroatoms. The summed E-state index contributed by atoms with van der Waals surface area (Å²) in [5.41, 5.74) is 4.11. The first-order valence-electron chi connectivity index (χ1n) is 7.14. The SMILES string of the molecule is COc1c(I)cc(I)cc1/C=N/NC(=O)COc1ccc(Cl)c(C)c1. The number of ether oxygens (including phenoxy) is 2. The fourth-order valence-corrected chi connectivity index (χ4v) is 4.18. The summed E-state index contributed by atoms with van der Waals surface area (Å²) in [6.07, 6.45) is 1.55. The summed E-state index contributed by atoms with van der Waals surface area (Å²) in [4.78, 5) is 11.8. The molecule has 0 aliphatic rings. The molecule has 1 amide bonds. The van der Waals surface area contributed by atoms with Crippen molar-refractivity contribution < 1.29 is 14.3 Å². The summed E-state index contributed by atoms with van der Waals surface area (Å²) in [5, 5.41) is 4.62. The second-order valence-corrected chi connectivity index (χ2v) is 7.82. The smallest absolute Gasteiger partial charge is 0.277 e. The summed E-state index contributed by atoms with van der Waals surface area (Å²) in [6, 6.07) is 9.14. The first kappa shape index (κ1) is 20.2. The molecule has 0 saturated carbocycles. The van der Waals surface area contributed by atoms with Crippen LogP contribution in [0.25, 0.3) is 0 Å². The first-order valence-corrected chi connectivity index (χ1v) is 9.68. The van der Waals surface area contributed by atoms with E-state index < -0.39 is 0 Å². The fraction of sp³-hybridized carbons (Fsp3) is 0.176. The fourth-order valence-electron chi connectivity index (χ4n) is 1.95. The lowest BCUT2D eigenvalue weighted by Gasteiger charge is -2.08. The van der Waals surface area contributed by atoms with Gasteiger partial charge in [0.15, 0.2) is 6.61 Å². The third kappa shape index (κ3) is 6.00. The minimum atomic E-state index is -0.358. The van der Waals surface area contributed by atoms with Crippen molar-refractivity contribution in [3.63, 3.8) is 0 Å². The number of benzene rings is 2. The van der Waals surface area contributed by atoms with Crippen LogP contribution in [0.15, 0.2) is 35.4 Å². The minimum Gasteiger partial charge on any atom is -0.495 e. The van der Waals surface area contributed by atoms with E-state index in [0.29, 0.717) is 16.5 Å². The normalized spacial score (nSPS) is 10.8. The molecule has 0 bridgehead atoms. The van der Waals surface area contributed by atoms with Crippen molar-refractivity contribution >= 4 is 68.9 Å². The molecule has 2 aromatic carbocycles. The van der Waals surface area contributed by atoms with Gasteiger partial charge in [-0.25, -0.2) is 5.43 Å². The molecule has 0 aromatic heterocycles. The molecule has 0 unspecified atom stereocenters. The molecule has 2 rings (SSSR count). The van der Waals surface area contributed by atoms with E-state index in [1.807, 2.05) is 19.1 Å². The second-order valence-electron chi connectivity index (χ2n) is 5.00. The molecule has 0 aliphatic heterocycles. The van der Waals surface area contributed by atoms with E-state index in [1.165, 1.54) is 0 Å². The van der Waals surface area contributed by atoms with Gasteiger partial charge in [-0.1, -0.05) is 11.6 Å². The van der Waals surface area contributed by atoms with Gasteiger partial charge in [0.2, 0.25) is 0 Å². The van der Waals surface area contributed by atoms with E-state index in [1.54, 1.807) is 31.5 Å². The molecule has 2 aromatic rings. The zero-order chi connectivity index (χ0) is 18.4. The van der Waals surface area contributed by atoms with Gasteiger partial charge < -0.3 is 9.47 Å². The highest BCUT2D eigenvalue weighted by Gasteiger charge is 2.08. The number of amides is 1. The molecule has 132 valence electrons. The van der Waals surface area contributed by atoms with E-state index in [9.17, 15) is 4.79 Å². The predicted octanol–water partition coefficient (Wildman–Crippen LogP) is 4.40. The van der Waals surface area contributed by atoms with Crippen molar-refractivity contribution in [1.29, 1.82) is 0 Å². The molecule has 0 atom stereocenters. The van der Waals surface area contributed by atoms with Crippen molar-refractivity contribution in [3.8, 4) is 11.5 Å². The van der Waals surface area contributed by atoms with Gasteiger partial charge >= 0.3 is 0 Å². The molecule has 0 aliphatic carbocycles. The largest absolute Gasteiger partial charge is 0.495 e. The molecule has 0 saturated heterocycles. The standard InChI is InChI=1S/C17H15ClI2N2O3/c1-10-5-13(3-4-14(10)18)25-9-16(23)22-21-8-11-6-12(19)7-15(20)17(11)24-2/h3-8H,9H2,1-2H3,(H,22,23)/b21-8+. The van der Waals surface area contributed by atoms with Crippen LogP contribution in [-0.4, -0.2) is 25.8 Å². The Bertz CT molecular complexity index is 813. The molecular formula is C17H15ClI2N2O3. The molecule has 5 nitrogen and oxygen atoms in total. The number of hydrogen-bond donors (Lipinski definition) is 1. The highest BCUT2D eigenvalue weighted by atomic mass is 127. The number of nitrogens with zero attached hydrogens (tertiary/aromatic N) is 1. The van der Waals surface area contributed by atoms with Gasteiger partial charge in [0.05, 0.1) is 16.9 Å². The van der Waals surface area contributed by atoms with Gasteiger partial charge in [0.1, 0.15) is 11.5 Å². The Hall–Kier alpha value is -1.07. The first-order chi connectivity index (χ1) is 11.9. The summed E-state index contributed by atoms with van der Waals surface area (Å²) in [7, 11) is 1.60. The number of rotatable bonds is 6. The van der Waals surface area contributed by atoms with E-state index in [0.717, 1.165) is 18.3 Å². The number of aryl methyl sites for hydroxylation is 1. The Morgan fingerprint density at radius 1 is 1.32 bits per heavy atom. The number of halogens is 3. The average Bonchev–Trinajstić information content (AvgIpc) is 2.55. The molecule has 0 heterocycles. The van der Waals surface area contributed by atoms with Gasteiger partial charge in [-0.15, -0.1) is 0 Å². The highest BCUT2D eigenvalue weighted by Crippen LogP contribution is 2.26. The lowest BCUT2D eigenvalue weighted by molar-refractivity contribution is -0.123. The van der Waals surface area contributed by atoms with E-state index in [4.69, 9.17) is 21.1 Å². The molecule has 0 spiro atoms. The number of hydrazone groups is 1. The summed E-state index contributed by atoms with van der Waals surface area (Å²) in [5.74, 6) is 0.935. The van der Waals surface area contributed by atoms with Gasteiger partial charge in [-0.3, -0.25) is 4.79 Å². The van der Waals surface area contributed by atoms with Crippen LogP contribution in [0.5, 0.6) is 11.5 Å². The van der Waals surface area contributed by atoms with Crippen LogP contribution < -0.4 is 14.9 Å². The van der Waals surface area contributed by atoms with Crippen LogP contribution in [0.4, 0.5) is 0 Å². The Kier molecular flexibility index (Phi) is 7.76. The Morgan fingerprint density at radius 2 is 2.08 bits per heavy atom. The van der Waals surface area contributed by atoms with E-state index in [2.05, 4.69) is 55.7 Å². The average molecular weight is 585 g/mol. The third-order valence-electron chi connectivity index (χ3n) is 3.13. The van der Waals surface area contributed by atoms with E-state index >= 15 is 0 Å². The predicted molar refractivity (Wildman–Crippen MR) is 116 cm³/mol. The molecule has 0 fully saturated rings. The van der Waals surface area contributed by atoms with Crippen molar-refractivity contribution in [2.45, 2.75) is 6.92 Å². The van der Waals surface area contributed by atoms with Crippen LogP contribution in [0, 0.1) is 14.1 Å². The maximum absolute atomic E-state index is 11.8. The molecule has 0 radical (unpaired) electrons. The van der Waals surface area contributed by atoms with Gasteiger partial charge in [0.25, 0.3) is 5.91 Å². The van der Waals surface area contributed by atoms with Crippen molar-refractivity contribution in [2.75, 3.05) is 13.7 Å². The molecular weight excluding hydrogens is 569 g/mol. The van der Waals surface area contributed by atoms with Gasteiger partial charge in [0, 0.05) is 14.2 Å². The third-order valence-corrected chi connectivity index (χ3v) is 4.98. The Morgan fingerprint density at radius 3 is 2.76 bits per heavy atom. The molecule has 25 heavy (non-hydrogen) atoms. The van der Waals surface area contributed by atoms with Crippen LogP contribution in [0.1, 0.15) is 11.1 Å². The number of hydrogen-bond acceptors (Lipinski definition) is 4. The number of nitrogens with one attached hydrogen (secondary N) is 1. The lowest BCUT2D eigenvalue weighted by atomic mass is 10.2. The Labute approximate surface area is 178 Å². The van der Waals surface area contributed by atoms with Gasteiger partial charge in [-0.05, 0) is 88.0 Å². The maximum atomic E-state index is 11.8. The zero-order valence-corrected chi connectivity index (χ0v) is 18.5. The molecule has 1 N–H and O–H groups in total. The maximum Gasteiger partial charge on any atom is 0.277 e. The number of carbonyl (C=O) groups is 1. The van der Waals surface area contributed by atoms with Crippen LogP contribution in [0.3, 0.4) is 0 Å². The summed E-state index contributed by atoms with van der Waals surface area (Å²) < 4.78 is 12.8. The van der Waals surface area contributed by atoms with Crippen LogP contribution >= 0.6 is 56.8 Å². The summed E-state index contributed by atoms with van der Waals surface area (Å²) >= 11 is 10.4. The van der Waals surface area contributed by atoms with Gasteiger partial charge in [-0.2, -0.15) is 5.10 Å². The zero-order valence-electron chi connectivity index (χ0n) is 13.5. The lowest BCUT2D eigenvalue weighted by Crippen LogP contribution is -2.24. The van der Waals surface area contributed by atoms with Crippen molar-refractivity contribution in [1.82, 2.24) is 5.43 Å².